The molecule has 1 saturated carbocycles. The lowest BCUT2D eigenvalue weighted by Crippen LogP contribution is -2.43. The van der Waals surface area contributed by atoms with E-state index in [1.165, 1.54) is 30.7 Å². The second-order valence-corrected chi connectivity index (χ2v) is 8.99. The molecule has 5 nitrogen and oxygen atoms in total. The Bertz CT molecular complexity index is 1070. The minimum atomic E-state index is -0.362. The van der Waals surface area contributed by atoms with Crippen LogP contribution >= 0.6 is 0 Å². The number of hydrogen-bond acceptors (Lipinski definition) is 5. The largest absolute Gasteiger partial charge is 0.466 e. The second-order valence-electron chi connectivity index (χ2n) is 8.99. The number of allylic oxidation sites excluding steroid dienone is 6. The van der Waals surface area contributed by atoms with E-state index in [4.69, 9.17) is 15.5 Å². The van der Waals surface area contributed by atoms with Crippen molar-refractivity contribution in [3.05, 3.63) is 95.8 Å². The summed E-state index contributed by atoms with van der Waals surface area (Å²) >= 11 is 0. The van der Waals surface area contributed by atoms with E-state index >= 15 is 0 Å². The average Bonchev–Trinajstić information content (AvgIpc) is 3.20. The van der Waals surface area contributed by atoms with Crippen molar-refractivity contribution in [3.63, 3.8) is 0 Å². The highest BCUT2D eigenvalue weighted by molar-refractivity contribution is 5.97. The van der Waals surface area contributed by atoms with Gasteiger partial charge in [-0.05, 0) is 60.6 Å². The van der Waals surface area contributed by atoms with Crippen molar-refractivity contribution in [3.8, 4) is 0 Å². The minimum Gasteiger partial charge on any atom is -0.466 e. The molecule has 32 heavy (non-hydrogen) atoms. The van der Waals surface area contributed by atoms with Crippen molar-refractivity contribution in [1.82, 2.24) is 4.90 Å². The van der Waals surface area contributed by atoms with Crippen molar-refractivity contribution in [1.29, 1.82) is 0 Å². The third-order valence-electron chi connectivity index (χ3n) is 7.03. The number of ether oxygens (including phenoxy) is 1. The van der Waals surface area contributed by atoms with Gasteiger partial charge in [0.05, 0.1) is 19.2 Å². The molecule has 0 saturated heterocycles. The summed E-state index contributed by atoms with van der Waals surface area (Å²) in [7, 11) is 1.38. The molecule has 1 aromatic rings. The van der Waals surface area contributed by atoms with Crippen molar-refractivity contribution in [2.75, 3.05) is 7.11 Å². The van der Waals surface area contributed by atoms with Crippen LogP contribution in [0.5, 0.6) is 0 Å². The zero-order valence-corrected chi connectivity index (χ0v) is 18.4. The van der Waals surface area contributed by atoms with Crippen molar-refractivity contribution < 1.29 is 9.53 Å². The van der Waals surface area contributed by atoms with Gasteiger partial charge >= 0.3 is 5.97 Å². The van der Waals surface area contributed by atoms with E-state index in [2.05, 4.69) is 59.7 Å². The minimum absolute atomic E-state index is 0.0279. The zero-order valence-electron chi connectivity index (χ0n) is 18.4. The topological polar surface area (TPSA) is 67.9 Å². The van der Waals surface area contributed by atoms with Crippen LogP contribution in [0, 0.1) is 5.92 Å². The Balaban J connectivity index is 1.46. The molecule has 1 aromatic carbocycles. The van der Waals surface area contributed by atoms with Gasteiger partial charge in [0.1, 0.15) is 5.84 Å². The van der Waals surface area contributed by atoms with E-state index in [1.807, 2.05) is 12.2 Å². The highest BCUT2D eigenvalue weighted by Gasteiger charge is 2.41. The maximum atomic E-state index is 11.5. The van der Waals surface area contributed by atoms with Gasteiger partial charge in [0.25, 0.3) is 0 Å². The summed E-state index contributed by atoms with van der Waals surface area (Å²) in [5.41, 5.74) is 9.76. The summed E-state index contributed by atoms with van der Waals surface area (Å²) in [5, 5.41) is 0. The number of rotatable bonds is 5. The highest BCUT2D eigenvalue weighted by atomic mass is 16.5. The third-order valence-corrected chi connectivity index (χ3v) is 7.03. The van der Waals surface area contributed by atoms with Crippen molar-refractivity contribution in [2.24, 2.45) is 16.6 Å². The van der Waals surface area contributed by atoms with E-state index in [0.29, 0.717) is 5.92 Å². The Morgan fingerprint density at radius 3 is 2.69 bits per heavy atom. The first kappa shape index (κ1) is 20.7. The SMILES string of the molecule is COC(=O)/C=C/C1=CN2C(=NC(c3ccc(C4(N)CCC4)cc3)C2C2C=CC=CC2)C=C1. The lowest BCUT2D eigenvalue weighted by Gasteiger charge is -2.39. The molecule has 1 fully saturated rings. The maximum absolute atomic E-state index is 11.5. The van der Waals surface area contributed by atoms with E-state index in [-0.39, 0.29) is 23.6 Å². The Kier molecular flexibility index (Phi) is 5.43. The van der Waals surface area contributed by atoms with E-state index < -0.39 is 0 Å². The Morgan fingerprint density at radius 2 is 2.03 bits per heavy atom. The lowest BCUT2D eigenvalue weighted by molar-refractivity contribution is -0.134. The fourth-order valence-electron chi connectivity index (χ4n) is 5.00. The molecule has 5 rings (SSSR count). The molecule has 5 heteroatoms. The monoisotopic (exact) mass is 427 g/mol. The number of hydrogen-bond donors (Lipinski definition) is 1. The molecule has 3 atom stereocenters. The van der Waals surface area contributed by atoms with Crippen LogP contribution in [0.2, 0.25) is 0 Å². The van der Waals surface area contributed by atoms with Gasteiger partial charge in [-0.25, -0.2) is 4.79 Å². The van der Waals surface area contributed by atoms with E-state index in [1.54, 1.807) is 6.08 Å². The van der Waals surface area contributed by atoms with Crippen LogP contribution in [0.1, 0.15) is 42.9 Å². The van der Waals surface area contributed by atoms with E-state index in [0.717, 1.165) is 30.7 Å². The number of methoxy groups -OCH3 is 1. The molecule has 164 valence electrons. The fourth-order valence-corrected chi connectivity index (χ4v) is 5.00. The second kappa shape index (κ2) is 8.40. The van der Waals surface area contributed by atoms with Crippen LogP contribution < -0.4 is 5.73 Å². The summed E-state index contributed by atoms with van der Waals surface area (Å²) in [6.07, 6.45) is 22.4. The molecule has 0 amide bonds. The number of nitrogens with two attached hydrogens (primary N) is 1. The Morgan fingerprint density at radius 1 is 1.22 bits per heavy atom. The van der Waals surface area contributed by atoms with Crippen LogP contribution in [0.4, 0.5) is 0 Å². The van der Waals surface area contributed by atoms with E-state index in [9.17, 15) is 4.79 Å². The molecule has 0 bridgehead atoms. The number of fused-ring (bicyclic) bond motifs is 1. The van der Waals surface area contributed by atoms with Crippen LogP contribution in [-0.4, -0.2) is 29.9 Å². The molecule has 2 N–H and O–H groups in total. The molecule has 0 aromatic heterocycles. The average molecular weight is 428 g/mol. The molecular weight excluding hydrogens is 398 g/mol. The lowest BCUT2D eigenvalue weighted by atomic mass is 9.72. The molecule has 0 radical (unpaired) electrons. The summed E-state index contributed by atoms with van der Waals surface area (Å²) in [6.45, 7) is 0. The van der Waals surface area contributed by atoms with Gasteiger partial charge in [-0.1, -0.05) is 48.6 Å². The standard InChI is InChI=1S/C27H29N3O2/c1-32-24(31)15-9-19-8-14-23-29-25(26(30(23)18-19)21-6-3-2-4-7-21)20-10-12-22(13-11-20)27(28)16-5-17-27/h2-4,6,8-15,18,21,25-26H,5,7,16-17,28H2,1H3/b15-9+. The van der Waals surface area contributed by atoms with Gasteiger partial charge in [-0.2, -0.15) is 0 Å². The summed E-state index contributed by atoms with van der Waals surface area (Å²) in [5.74, 6) is 0.933. The van der Waals surface area contributed by atoms with Crippen molar-refractivity contribution in [2.45, 2.75) is 43.3 Å². The molecular formula is C27H29N3O2. The first-order valence-electron chi connectivity index (χ1n) is 11.3. The van der Waals surface area contributed by atoms with Gasteiger partial charge < -0.3 is 15.4 Å². The first-order valence-corrected chi connectivity index (χ1v) is 11.3. The summed E-state index contributed by atoms with van der Waals surface area (Å²) in [4.78, 5) is 18.9. The number of amidine groups is 1. The number of carbonyl (C=O) groups excluding carboxylic acids is 1. The smallest absolute Gasteiger partial charge is 0.330 e. The van der Waals surface area contributed by atoms with Crippen LogP contribution in [0.25, 0.3) is 0 Å². The summed E-state index contributed by atoms with van der Waals surface area (Å²) < 4.78 is 4.72. The van der Waals surface area contributed by atoms with Crippen LogP contribution in [0.3, 0.4) is 0 Å². The van der Waals surface area contributed by atoms with Gasteiger partial charge in [0.15, 0.2) is 0 Å². The van der Waals surface area contributed by atoms with Crippen molar-refractivity contribution >= 4 is 11.8 Å². The third kappa shape index (κ3) is 3.78. The highest BCUT2D eigenvalue weighted by Crippen LogP contribution is 2.42. The first-order chi connectivity index (χ1) is 15.6. The van der Waals surface area contributed by atoms with Gasteiger partial charge in [0.2, 0.25) is 0 Å². The van der Waals surface area contributed by atoms with Gasteiger partial charge in [-0.15, -0.1) is 0 Å². The van der Waals surface area contributed by atoms with Crippen LogP contribution in [-0.2, 0) is 15.1 Å². The fraction of sp³-hybridized carbons (Fsp3) is 0.333. The van der Waals surface area contributed by atoms with Gasteiger partial charge in [-0.3, -0.25) is 4.99 Å². The summed E-state index contributed by atoms with van der Waals surface area (Å²) in [6, 6.07) is 8.98. The quantitative estimate of drug-likeness (QED) is 0.556. The molecule has 2 heterocycles. The molecule has 2 aliphatic carbocycles. The Hall–Kier alpha value is -3.18. The predicted octanol–water partition coefficient (Wildman–Crippen LogP) is 4.46. The number of esters is 1. The van der Waals surface area contributed by atoms with Crippen LogP contribution in [0.15, 0.2) is 89.6 Å². The number of carbonyl (C=O) groups is 1. The number of aliphatic imine (C=N–C) groups is 1. The zero-order chi connectivity index (χ0) is 22.1. The molecule has 4 aliphatic rings. The number of benzene rings is 1. The number of nitrogens with zero attached hydrogens (tertiary/aromatic N) is 2. The van der Waals surface area contributed by atoms with Gasteiger partial charge in [0, 0.05) is 23.7 Å². The normalized spacial score (nSPS) is 27.7. The molecule has 0 spiro atoms. The predicted molar refractivity (Wildman–Crippen MR) is 127 cm³/mol. The molecule has 3 unspecified atom stereocenters. The maximum Gasteiger partial charge on any atom is 0.330 e. The molecule has 2 aliphatic heterocycles. The Labute approximate surface area is 189 Å².